The van der Waals surface area contributed by atoms with Gasteiger partial charge in [-0.15, -0.1) is 0 Å². The molecule has 0 fully saturated rings. The summed E-state index contributed by atoms with van der Waals surface area (Å²) in [6.07, 6.45) is 4.03. The largest absolute Gasteiger partial charge is 0.266 e. The maximum Gasteiger partial charge on any atom is 0.137 e. The summed E-state index contributed by atoms with van der Waals surface area (Å²) in [6.45, 7) is 5.52. The van der Waals surface area contributed by atoms with E-state index in [4.69, 9.17) is 11.6 Å². The summed E-state index contributed by atoms with van der Waals surface area (Å²) < 4.78 is 3.66. The quantitative estimate of drug-likeness (QED) is 0.817. The molecule has 0 bridgehead atoms. The van der Waals surface area contributed by atoms with Crippen LogP contribution in [-0.4, -0.2) is 24.5 Å². The second-order valence-corrected chi connectivity index (χ2v) is 3.85. The molecule has 0 atom stereocenters. The lowest BCUT2D eigenvalue weighted by Gasteiger charge is -2.04. The number of nitrogens with zero attached hydrogens (tertiary/aromatic N) is 5. The van der Waals surface area contributed by atoms with E-state index >= 15 is 0 Å². The summed E-state index contributed by atoms with van der Waals surface area (Å²) in [5.74, 6) is 0. The molecule has 0 radical (unpaired) electrons. The van der Waals surface area contributed by atoms with Crippen molar-refractivity contribution in [2.24, 2.45) is 0 Å². The second kappa shape index (κ2) is 4.65. The Hall–Kier alpha value is -1.36. The Kier molecular flexibility index (Phi) is 3.24. The average molecular weight is 240 g/mol. The van der Waals surface area contributed by atoms with Gasteiger partial charge in [-0.25, -0.2) is 9.67 Å². The molecule has 0 spiro atoms. The first-order chi connectivity index (χ1) is 7.76. The van der Waals surface area contributed by atoms with Crippen LogP contribution in [0.15, 0.2) is 12.7 Å². The third-order valence-corrected chi connectivity index (χ3v) is 2.91. The number of hydrogen-bond donors (Lipinski definition) is 0. The molecule has 5 nitrogen and oxygen atoms in total. The Morgan fingerprint density at radius 1 is 1.38 bits per heavy atom. The van der Waals surface area contributed by atoms with Crippen LogP contribution >= 0.6 is 11.6 Å². The van der Waals surface area contributed by atoms with E-state index in [-0.39, 0.29) is 0 Å². The Bertz CT molecular complexity index is 460. The van der Waals surface area contributed by atoms with Crippen molar-refractivity contribution in [1.82, 2.24) is 24.5 Å². The SMILES string of the molecule is CCc1nn(CC)c(Cn2cncn2)c1Cl. The van der Waals surface area contributed by atoms with E-state index in [0.717, 1.165) is 29.4 Å². The van der Waals surface area contributed by atoms with Crippen LogP contribution in [0.3, 0.4) is 0 Å². The maximum atomic E-state index is 6.28. The predicted octanol–water partition coefficient (Wildman–Crippen LogP) is 1.76. The van der Waals surface area contributed by atoms with Crippen molar-refractivity contribution in [3.05, 3.63) is 29.1 Å². The number of rotatable bonds is 4. The first kappa shape index (κ1) is 11.1. The molecule has 0 amide bonds. The minimum atomic E-state index is 0.611. The minimum absolute atomic E-state index is 0.611. The van der Waals surface area contributed by atoms with Crippen molar-refractivity contribution < 1.29 is 0 Å². The van der Waals surface area contributed by atoms with Gasteiger partial charge in [-0.3, -0.25) is 4.68 Å². The fourth-order valence-corrected chi connectivity index (χ4v) is 1.96. The van der Waals surface area contributed by atoms with E-state index in [0.29, 0.717) is 6.54 Å². The van der Waals surface area contributed by atoms with Gasteiger partial charge in [0, 0.05) is 6.54 Å². The van der Waals surface area contributed by atoms with Crippen molar-refractivity contribution in [2.75, 3.05) is 0 Å². The zero-order chi connectivity index (χ0) is 11.5. The normalized spacial score (nSPS) is 10.9. The van der Waals surface area contributed by atoms with E-state index in [1.807, 2.05) is 18.5 Å². The Morgan fingerprint density at radius 3 is 2.75 bits per heavy atom. The molecule has 16 heavy (non-hydrogen) atoms. The standard InChI is InChI=1S/C10H14ClN5/c1-3-8-10(11)9(16(4-2)14-8)5-15-7-12-6-13-15/h6-7H,3-5H2,1-2H3. The molecule has 0 unspecified atom stereocenters. The summed E-state index contributed by atoms with van der Waals surface area (Å²) in [4.78, 5) is 3.91. The van der Waals surface area contributed by atoms with Gasteiger partial charge < -0.3 is 0 Å². The van der Waals surface area contributed by atoms with E-state index in [1.165, 1.54) is 6.33 Å². The lowest BCUT2D eigenvalue weighted by Crippen LogP contribution is -2.08. The Labute approximate surface area is 99.1 Å². The molecule has 2 aromatic heterocycles. The monoisotopic (exact) mass is 239 g/mol. The van der Waals surface area contributed by atoms with Gasteiger partial charge in [0.05, 0.1) is 23.0 Å². The van der Waals surface area contributed by atoms with Crippen molar-refractivity contribution in [3.63, 3.8) is 0 Å². The molecule has 0 saturated heterocycles. The summed E-state index contributed by atoms with van der Waals surface area (Å²) in [5, 5.41) is 9.27. The molecule has 2 rings (SSSR count). The molecule has 86 valence electrons. The van der Waals surface area contributed by atoms with Crippen LogP contribution in [0.2, 0.25) is 5.02 Å². The van der Waals surface area contributed by atoms with Gasteiger partial charge >= 0.3 is 0 Å². The van der Waals surface area contributed by atoms with Crippen LogP contribution in [0.1, 0.15) is 25.2 Å². The number of aromatic nitrogens is 5. The molecule has 2 heterocycles. The molecule has 0 saturated carbocycles. The van der Waals surface area contributed by atoms with Gasteiger partial charge in [0.1, 0.15) is 12.7 Å². The zero-order valence-electron chi connectivity index (χ0n) is 9.39. The summed E-state index contributed by atoms with van der Waals surface area (Å²) >= 11 is 6.28. The van der Waals surface area contributed by atoms with Crippen molar-refractivity contribution in [2.45, 2.75) is 33.4 Å². The highest BCUT2D eigenvalue weighted by molar-refractivity contribution is 6.31. The predicted molar refractivity (Wildman–Crippen MR) is 61.4 cm³/mol. The van der Waals surface area contributed by atoms with Crippen LogP contribution in [0.4, 0.5) is 0 Å². The number of hydrogen-bond acceptors (Lipinski definition) is 3. The fourth-order valence-electron chi connectivity index (χ4n) is 1.64. The Balaban J connectivity index is 2.35. The van der Waals surface area contributed by atoms with E-state index < -0.39 is 0 Å². The third-order valence-electron chi connectivity index (χ3n) is 2.47. The fraction of sp³-hybridized carbons (Fsp3) is 0.500. The van der Waals surface area contributed by atoms with Crippen LogP contribution in [0.5, 0.6) is 0 Å². The molecule has 2 aromatic rings. The number of aryl methyl sites for hydroxylation is 2. The van der Waals surface area contributed by atoms with Crippen LogP contribution in [0.25, 0.3) is 0 Å². The smallest absolute Gasteiger partial charge is 0.137 e. The average Bonchev–Trinajstić information content (AvgIpc) is 2.89. The number of halogens is 1. The second-order valence-electron chi connectivity index (χ2n) is 3.47. The Morgan fingerprint density at radius 2 is 2.19 bits per heavy atom. The van der Waals surface area contributed by atoms with Gasteiger partial charge in [0.15, 0.2) is 0 Å². The molecular weight excluding hydrogens is 226 g/mol. The first-order valence-electron chi connectivity index (χ1n) is 5.32. The van der Waals surface area contributed by atoms with Crippen molar-refractivity contribution >= 4 is 11.6 Å². The molecule has 0 aliphatic carbocycles. The van der Waals surface area contributed by atoms with Gasteiger partial charge in [-0.05, 0) is 13.3 Å². The molecule has 6 heteroatoms. The van der Waals surface area contributed by atoms with Crippen molar-refractivity contribution in [3.8, 4) is 0 Å². The molecule has 0 N–H and O–H groups in total. The summed E-state index contributed by atoms with van der Waals surface area (Å²) in [6, 6.07) is 0. The van der Waals surface area contributed by atoms with E-state index in [9.17, 15) is 0 Å². The highest BCUT2D eigenvalue weighted by Crippen LogP contribution is 2.22. The summed E-state index contributed by atoms with van der Waals surface area (Å²) in [5.41, 5.74) is 1.94. The van der Waals surface area contributed by atoms with Gasteiger partial charge in [-0.1, -0.05) is 18.5 Å². The zero-order valence-corrected chi connectivity index (χ0v) is 10.1. The molecular formula is C10H14ClN5. The molecule has 0 aromatic carbocycles. The summed E-state index contributed by atoms with van der Waals surface area (Å²) in [7, 11) is 0. The molecule has 0 aliphatic rings. The highest BCUT2D eigenvalue weighted by Gasteiger charge is 2.14. The highest BCUT2D eigenvalue weighted by atomic mass is 35.5. The first-order valence-corrected chi connectivity index (χ1v) is 5.70. The van der Waals surface area contributed by atoms with E-state index in [2.05, 4.69) is 15.2 Å². The van der Waals surface area contributed by atoms with E-state index in [1.54, 1.807) is 11.0 Å². The van der Waals surface area contributed by atoms with Gasteiger partial charge in [0.25, 0.3) is 0 Å². The third kappa shape index (κ3) is 1.95. The van der Waals surface area contributed by atoms with Gasteiger partial charge in [0.2, 0.25) is 0 Å². The van der Waals surface area contributed by atoms with Gasteiger partial charge in [-0.2, -0.15) is 10.2 Å². The van der Waals surface area contributed by atoms with Crippen molar-refractivity contribution in [1.29, 1.82) is 0 Å². The van der Waals surface area contributed by atoms with Crippen LogP contribution in [-0.2, 0) is 19.5 Å². The topological polar surface area (TPSA) is 48.5 Å². The van der Waals surface area contributed by atoms with Crippen LogP contribution < -0.4 is 0 Å². The minimum Gasteiger partial charge on any atom is -0.266 e. The lowest BCUT2D eigenvalue weighted by atomic mass is 10.3. The molecule has 0 aliphatic heterocycles. The lowest BCUT2D eigenvalue weighted by molar-refractivity contribution is 0.573. The maximum absolute atomic E-state index is 6.28. The van der Waals surface area contributed by atoms with Crippen LogP contribution in [0, 0.1) is 0 Å².